The summed E-state index contributed by atoms with van der Waals surface area (Å²) >= 11 is 0. The van der Waals surface area contributed by atoms with E-state index < -0.39 is 28.9 Å². The van der Waals surface area contributed by atoms with Crippen LogP contribution in [0.25, 0.3) is 0 Å². The van der Waals surface area contributed by atoms with E-state index in [0.29, 0.717) is 10.6 Å². The molecule has 0 aromatic heterocycles. The van der Waals surface area contributed by atoms with Gasteiger partial charge in [-0.25, -0.2) is 3.97 Å². The third-order valence-corrected chi connectivity index (χ3v) is 7.15. The van der Waals surface area contributed by atoms with Gasteiger partial charge in [0.2, 0.25) is 0 Å². The number of benzene rings is 3. The van der Waals surface area contributed by atoms with Gasteiger partial charge in [-0.1, -0.05) is 60.7 Å². The topological polar surface area (TPSA) is 83.8 Å². The van der Waals surface area contributed by atoms with E-state index in [-0.39, 0.29) is 5.75 Å². The first-order valence-electron chi connectivity index (χ1n) is 7.34. The summed E-state index contributed by atoms with van der Waals surface area (Å²) in [6.07, 6.45) is 0. The zero-order valence-electron chi connectivity index (χ0n) is 13.0. The molecule has 0 radical (unpaired) electrons. The Kier molecular flexibility index (Phi) is 5.04. The average molecular weight is 374 g/mol. The number of rotatable bonds is 5. The average Bonchev–Trinajstić information content (AvgIpc) is 2.63. The lowest BCUT2D eigenvalue weighted by atomic mass is 10.3. The Labute approximate surface area is 147 Å². The molecule has 2 N–H and O–H groups in total. The molecule has 3 aromatic rings. The van der Waals surface area contributed by atoms with Crippen molar-refractivity contribution >= 4 is 28.9 Å². The molecular weight excluding hydrogens is 359 g/mol. The predicted molar refractivity (Wildman–Crippen MR) is 97.1 cm³/mol. The quantitative estimate of drug-likeness (QED) is 0.530. The molecule has 3 rings (SSSR count). The van der Waals surface area contributed by atoms with Crippen LogP contribution in [-0.2, 0) is 14.1 Å². The Balaban J connectivity index is 2.05. The Bertz CT molecular complexity index is 920. The van der Waals surface area contributed by atoms with E-state index in [1.54, 1.807) is 48.5 Å². The van der Waals surface area contributed by atoms with Crippen molar-refractivity contribution < 1.29 is 22.6 Å². The summed E-state index contributed by atoms with van der Waals surface area (Å²) in [4.78, 5) is -0.466. The molecule has 0 spiro atoms. The van der Waals surface area contributed by atoms with Gasteiger partial charge in [0.25, 0.3) is 0 Å². The molecule has 0 aliphatic rings. The van der Waals surface area contributed by atoms with Gasteiger partial charge in [0.05, 0.1) is 0 Å². The van der Waals surface area contributed by atoms with Crippen LogP contribution in [0.5, 0.6) is 11.5 Å². The van der Waals surface area contributed by atoms with Crippen LogP contribution in [0.3, 0.4) is 0 Å². The predicted octanol–water partition coefficient (Wildman–Crippen LogP) is 2.85. The molecule has 0 aliphatic carbocycles. The van der Waals surface area contributed by atoms with Gasteiger partial charge in [0.1, 0.15) is 24.5 Å². The van der Waals surface area contributed by atoms with Crippen molar-refractivity contribution in [1.29, 1.82) is 0 Å². The molecule has 0 atom stereocenters. The minimum absolute atomic E-state index is 0.274. The standard InChI is InChI=1S/C18H15O5PS/c19-14-11-12-17(20)18(13-14)25(21,22)23-24(15-7-3-1-4-8-15)16-9-5-2-6-10-16/h1-13,19-20H. The molecule has 5 nitrogen and oxygen atoms in total. The van der Waals surface area contributed by atoms with Crippen molar-refractivity contribution in [2.75, 3.05) is 0 Å². The fourth-order valence-corrected chi connectivity index (χ4v) is 5.77. The summed E-state index contributed by atoms with van der Waals surface area (Å²) in [7, 11) is -5.96. The molecule has 0 saturated heterocycles. The van der Waals surface area contributed by atoms with Crippen LogP contribution in [0.15, 0.2) is 83.8 Å². The van der Waals surface area contributed by atoms with Crippen LogP contribution in [0.1, 0.15) is 0 Å². The second-order valence-electron chi connectivity index (χ2n) is 5.15. The lowest BCUT2D eigenvalue weighted by Gasteiger charge is -2.18. The maximum Gasteiger partial charge on any atom is 0.304 e. The molecule has 128 valence electrons. The molecule has 0 bridgehead atoms. The fourth-order valence-electron chi connectivity index (χ4n) is 2.20. The summed E-state index contributed by atoms with van der Waals surface area (Å²) in [6, 6.07) is 21.3. The number of phenolic OH excluding ortho intramolecular Hbond substituents is 2. The van der Waals surface area contributed by atoms with Crippen LogP contribution in [0.4, 0.5) is 0 Å². The van der Waals surface area contributed by atoms with E-state index in [2.05, 4.69) is 0 Å². The Morgan fingerprint density at radius 1 is 0.760 bits per heavy atom. The van der Waals surface area contributed by atoms with Gasteiger partial charge in [-0.3, -0.25) is 0 Å². The summed E-state index contributed by atoms with van der Waals surface area (Å²) in [5.74, 6) is -0.752. The molecule has 25 heavy (non-hydrogen) atoms. The molecular formula is C18H15O5PS. The molecule has 0 amide bonds. The van der Waals surface area contributed by atoms with Gasteiger partial charge in [-0.15, -0.1) is 0 Å². The summed E-state index contributed by atoms with van der Waals surface area (Å²) in [5, 5.41) is 20.8. The van der Waals surface area contributed by atoms with Crippen molar-refractivity contribution in [2.45, 2.75) is 4.90 Å². The van der Waals surface area contributed by atoms with Crippen LogP contribution < -0.4 is 10.6 Å². The summed E-state index contributed by atoms with van der Waals surface area (Å²) in [6.45, 7) is 0. The smallest absolute Gasteiger partial charge is 0.304 e. The molecule has 7 heteroatoms. The molecule has 0 heterocycles. The Morgan fingerprint density at radius 3 is 1.80 bits per heavy atom. The highest BCUT2D eigenvalue weighted by atomic mass is 32.2. The van der Waals surface area contributed by atoms with Crippen molar-refractivity contribution in [3.63, 3.8) is 0 Å². The number of aromatic hydroxyl groups is 2. The highest BCUT2D eigenvalue weighted by molar-refractivity contribution is 7.93. The fraction of sp³-hybridized carbons (Fsp3) is 0. The highest BCUT2D eigenvalue weighted by Gasteiger charge is 2.27. The highest BCUT2D eigenvalue weighted by Crippen LogP contribution is 2.41. The van der Waals surface area contributed by atoms with Gasteiger partial charge in [-0.2, -0.15) is 8.42 Å². The number of hydrogen-bond acceptors (Lipinski definition) is 5. The van der Waals surface area contributed by atoms with Gasteiger partial charge < -0.3 is 10.2 Å². The van der Waals surface area contributed by atoms with E-state index in [9.17, 15) is 18.6 Å². The van der Waals surface area contributed by atoms with Gasteiger partial charge in [-0.05, 0) is 12.1 Å². The van der Waals surface area contributed by atoms with E-state index in [1.165, 1.54) is 6.07 Å². The lowest BCUT2D eigenvalue weighted by molar-refractivity contribution is 0.438. The molecule has 0 fully saturated rings. The first-order chi connectivity index (χ1) is 12.0. The minimum atomic E-state index is -4.29. The van der Waals surface area contributed by atoms with E-state index in [0.717, 1.165) is 12.1 Å². The van der Waals surface area contributed by atoms with Crippen LogP contribution >= 0.6 is 8.15 Å². The van der Waals surface area contributed by atoms with E-state index >= 15 is 0 Å². The second kappa shape index (κ2) is 7.23. The zero-order chi connectivity index (χ0) is 17.9. The lowest BCUT2D eigenvalue weighted by Crippen LogP contribution is -2.17. The molecule has 0 saturated carbocycles. The zero-order valence-corrected chi connectivity index (χ0v) is 14.7. The maximum absolute atomic E-state index is 12.7. The third kappa shape index (κ3) is 3.99. The summed E-state index contributed by atoms with van der Waals surface area (Å²) < 4.78 is 30.9. The maximum atomic E-state index is 12.7. The SMILES string of the molecule is O=S(=O)(OP(c1ccccc1)c1ccccc1)c1cc(O)ccc1O. The number of hydrogen-bond donors (Lipinski definition) is 2. The van der Waals surface area contributed by atoms with Crippen molar-refractivity contribution in [1.82, 2.24) is 0 Å². The summed E-state index contributed by atoms with van der Waals surface area (Å²) in [5.41, 5.74) is 0. The van der Waals surface area contributed by atoms with Crippen LogP contribution in [-0.4, -0.2) is 18.6 Å². The van der Waals surface area contributed by atoms with Gasteiger partial charge in [0.15, 0.2) is 0 Å². The van der Waals surface area contributed by atoms with Crippen molar-refractivity contribution in [3.8, 4) is 11.5 Å². The van der Waals surface area contributed by atoms with Crippen LogP contribution in [0.2, 0.25) is 0 Å². The second-order valence-corrected chi connectivity index (χ2v) is 8.71. The number of phenols is 2. The largest absolute Gasteiger partial charge is 0.508 e. The normalized spacial score (nSPS) is 11.6. The monoisotopic (exact) mass is 374 g/mol. The minimum Gasteiger partial charge on any atom is -0.508 e. The van der Waals surface area contributed by atoms with Crippen molar-refractivity contribution in [3.05, 3.63) is 78.9 Å². The first-order valence-corrected chi connectivity index (χ1v) is 10.0. The molecule has 0 aliphatic heterocycles. The van der Waals surface area contributed by atoms with Crippen LogP contribution in [0, 0.1) is 0 Å². The Morgan fingerprint density at radius 2 is 1.28 bits per heavy atom. The molecule has 0 unspecified atom stereocenters. The van der Waals surface area contributed by atoms with E-state index in [4.69, 9.17) is 3.97 Å². The first kappa shape index (κ1) is 17.4. The molecule has 3 aromatic carbocycles. The third-order valence-electron chi connectivity index (χ3n) is 3.37. The van der Waals surface area contributed by atoms with Crippen molar-refractivity contribution in [2.24, 2.45) is 0 Å². The van der Waals surface area contributed by atoms with E-state index in [1.807, 2.05) is 12.1 Å². The Hall–Kier alpha value is -2.40. The van der Waals surface area contributed by atoms with Gasteiger partial charge >= 0.3 is 10.1 Å². The van der Waals surface area contributed by atoms with Gasteiger partial charge in [0, 0.05) is 16.7 Å².